The fraction of sp³-hybridized carbons (Fsp3) is 0.190. The molecule has 0 spiro atoms. The van der Waals surface area contributed by atoms with Crippen LogP contribution in [0.5, 0.6) is 0 Å². The number of hydrogen-bond donors (Lipinski definition) is 1. The molecular weight excluding hydrogens is 338 g/mol. The largest absolute Gasteiger partial charge is 0.469 e. The van der Waals surface area contributed by atoms with Crippen molar-refractivity contribution in [3.63, 3.8) is 0 Å². The van der Waals surface area contributed by atoms with Gasteiger partial charge in [0.05, 0.1) is 29.4 Å². The quantitative estimate of drug-likeness (QED) is 0.591. The second-order valence-corrected chi connectivity index (χ2v) is 6.84. The van der Waals surface area contributed by atoms with Crippen molar-refractivity contribution in [1.82, 2.24) is 19.9 Å². The highest BCUT2D eigenvalue weighted by Crippen LogP contribution is 2.30. The summed E-state index contributed by atoms with van der Waals surface area (Å²) in [4.78, 5) is 15.8. The van der Waals surface area contributed by atoms with E-state index in [1.165, 1.54) is 5.56 Å². The van der Waals surface area contributed by atoms with E-state index in [0.717, 1.165) is 59.1 Å². The van der Waals surface area contributed by atoms with Crippen LogP contribution in [-0.4, -0.2) is 19.9 Å². The van der Waals surface area contributed by atoms with Gasteiger partial charge in [0.1, 0.15) is 17.9 Å². The van der Waals surface area contributed by atoms with E-state index >= 15 is 0 Å². The maximum Gasteiger partial charge on any atom is 0.138 e. The van der Waals surface area contributed by atoms with Gasteiger partial charge in [0.2, 0.25) is 0 Å². The van der Waals surface area contributed by atoms with Crippen molar-refractivity contribution >= 4 is 22.4 Å². The molecule has 6 nitrogen and oxygen atoms in total. The van der Waals surface area contributed by atoms with Crippen molar-refractivity contribution in [1.29, 1.82) is 0 Å². The van der Waals surface area contributed by atoms with Gasteiger partial charge in [-0.2, -0.15) is 0 Å². The van der Waals surface area contributed by atoms with Gasteiger partial charge in [0, 0.05) is 36.1 Å². The molecule has 0 fully saturated rings. The molecule has 0 unspecified atom stereocenters. The predicted octanol–water partition coefficient (Wildman–Crippen LogP) is 4.19. The van der Waals surface area contributed by atoms with Gasteiger partial charge in [-0.15, -0.1) is 0 Å². The number of nitrogens with one attached hydrogen (secondary N) is 1. The van der Waals surface area contributed by atoms with Crippen LogP contribution < -0.4 is 5.32 Å². The van der Waals surface area contributed by atoms with Crippen molar-refractivity contribution < 1.29 is 4.42 Å². The van der Waals surface area contributed by atoms with Crippen LogP contribution in [0.3, 0.4) is 0 Å². The second-order valence-electron chi connectivity index (χ2n) is 6.84. The Morgan fingerprint density at radius 3 is 2.93 bits per heavy atom. The summed E-state index contributed by atoms with van der Waals surface area (Å²) >= 11 is 0. The van der Waals surface area contributed by atoms with Crippen LogP contribution in [0.25, 0.3) is 10.9 Å². The summed E-state index contributed by atoms with van der Waals surface area (Å²) in [7, 11) is 0. The number of hydrogen-bond acceptors (Lipinski definition) is 6. The number of nitrogens with zero attached hydrogens (tertiary/aromatic N) is 4. The molecule has 1 aliphatic rings. The molecule has 6 heteroatoms. The van der Waals surface area contributed by atoms with E-state index in [-0.39, 0.29) is 0 Å². The third-order valence-electron chi connectivity index (χ3n) is 5.00. The first-order valence-corrected chi connectivity index (χ1v) is 8.96. The summed E-state index contributed by atoms with van der Waals surface area (Å²) in [5, 5.41) is 4.53. The average molecular weight is 357 g/mol. The second kappa shape index (κ2) is 6.48. The first kappa shape index (κ1) is 16.0. The maximum absolute atomic E-state index is 5.42. The highest BCUT2D eigenvalue weighted by atomic mass is 16.3. The van der Waals surface area contributed by atoms with E-state index in [9.17, 15) is 0 Å². The predicted molar refractivity (Wildman–Crippen MR) is 103 cm³/mol. The third kappa shape index (κ3) is 3.04. The fourth-order valence-electron chi connectivity index (χ4n) is 3.55. The summed E-state index contributed by atoms with van der Waals surface area (Å²) in [5.41, 5.74) is 5.34. The summed E-state index contributed by atoms with van der Waals surface area (Å²) in [6, 6.07) is 12.2. The van der Waals surface area contributed by atoms with Gasteiger partial charge in [0.15, 0.2) is 0 Å². The van der Waals surface area contributed by atoms with Gasteiger partial charge < -0.3 is 9.73 Å². The standard InChI is InChI=1S/C21H19N5O/c1-14-16(6-7-27-14)10-26-11-18-20(12-26)23-13-24-21(18)25-17-8-15-4-2-3-5-19(15)22-9-17/h2-9,13H,10-12H2,1H3,(H,23,24,25). The van der Waals surface area contributed by atoms with Gasteiger partial charge in [-0.1, -0.05) is 18.2 Å². The molecule has 0 radical (unpaired) electrons. The minimum Gasteiger partial charge on any atom is -0.469 e. The topological polar surface area (TPSA) is 67.1 Å². The van der Waals surface area contributed by atoms with Crippen LogP contribution in [0, 0.1) is 6.92 Å². The molecule has 4 heterocycles. The Morgan fingerprint density at radius 2 is 2.04 bits per heavy atom. The number of para-hydroxylation sites is 1. The summed E-state index contributed by atoms with van der Waals surface area (Å²) in [6.07, 6.45) is 5.22. The molecule has 1 N–H and O–H groups in total. The SMILES string of the molecule is Cc1occc1CN1Cc2ncnc(Nc3cnc4ccccc4c3)c2C1. The lowest BCUT2D eigenvalue weighted by Crippen LogP contribution is -2.16. The Kier molecular flexibility index (Phi) is 3.83. The van der Waals surface area contributed by atoms with Crippen molar-refractivity contribution in [3.05, 3.63) is 77.8 Å². The van der Waals surface area contributed by atoms with E-state index in [0.29, 0.717) is 0 Å². The zero-order valence-corrected chi connectivity index (χ0v) is 15.0. The first-order valence-electron chi connectivity index (χ1n) is 8.96. The van der Waals surface area contributed by atoms with Crippen LogP contribution in [0.15, 0.2) is 59.6 Å². The number of aromatic nitrogens is 3. The molecule has 134 valence electrons. The Labute approximate surface area is 156 Å². The smallest absolute Gasteiger partial charge is 0.138 e. The van der Waals surface area contributed by atoms with Crippen molar-refractivity contribution in [2.75, 3.05) is 5.32 Å². The number of fused-ring (bicyclic) bond motifs is 2. The van der Waals surface area contributed by atoms with Gasteiger partial charge in [0.25, 0.3) is 0 Å². The van der Waals surface area contributed by atoms with Gasteiger partial charge in [-0.3, -0.25) is 9.88 Å². The molecule has 1 aromatic carbocycles. The highest BCUT2D eigenvalue weighted by Gasteiger charge is 2.24. The maximum atomic E-state index is 5.42. The normalized spacial score (nSPS) is 13.8. The molecule has 1 aliphatic heterocycles. The van der Waals surface area contributed by atoms with Crippen LogP contribution in [0.1, 0.15) is 22.6 Å². The lowest BCUT2D eigenvalue weighted by Gasteiger charge is -2.14. The van der Waals surface area contributed by atoms with Gasteiger partial charge >= 0.3 is 0 Å². The van der Waals surface area contributed by atoms with Gasteiger partial charge in [-0.25, -0.2) is 9.97 Å². The van der Waals surface area contributed by atoms with E-state index < -0.39 is 0 Å². The lowest BCUT2D eigenvalue weighted by atomic mass is 10.2. The Hall–Kier alpha value is -3.25. The lowest BCUT2D eigenvalue weighted by molar-refractivity contribution is 0.272. The molecule has 0 saturated carbocycles. The molecular formula is C21H19N5O. The average Bonchev–Trinajstić information content (AvgIpc) is 3.28. The van der Waals surface area contributed by atoms with Crippen LogP contribution >= 0.6 is 0 Å². The minimum absolute atomic E-state index is 0.810. The number of rotatable bonds is 4. The van der Waals surface area contributed by atoms with Crippen molar-refractivity contribution in [2.24, 2.45) is 0 Å². The van der Waals surface area contributed by atoms with E-state index in [4.69, 9.17) is 4.42 Å². The molecule has 0 amide bonds. The fourth-order valence-corrected chi connectivity index (χ4v) is 3.55. The molecule has 0 atom stereocenters. The Balaban J connectivity index is 1.39. The number of anilines is 2. The molecule has 27 heavy (non-hydrogen) atoms. The third-order valence-corrected chi connectivity index (χ3v) is 5.00. The molecule has 5 rings (SSSR count). The molecule has 4 aromatic rings. The van der Waals surface area contributed by atoms with E-state index in [1.54, 1.807) is 12.6 Å². The highest BCUT2D eigenvalue weighted by molar-refractivity contribution is 5.82. The number of pyridine rings is 1. The van der Waals surface area contributed by atoms with Crippen molar-refractivity contribution in [2.45, 2.75) is 26.6 Å². The molecule has 0 saturated heterocycles. The van der Waals surface area contributed by atoms with E-state index in [1.807, 2.05) is 37.4 Å². The van der Waals surface area contributed by atoms with Gasteiger partial charge in [-0.05, 0) is 25.1 Å². The monoisotopic (exact) mass is 357 g/mol. The molecule has 0 aliphatic carbocycles. The first-order chi connectivity index (χ1) is 13.3. The number of aryl methyl sites for hydroxylation is 1. The summed E-state index contributed by atoms with van der Waals surface area (Å²) in [5.74, 6) is 1.82. The molecule has 3 aromatic heterocycles. The minimum atomic E-state index is 0.810. The van der Waals surface area contributed by atoms with Crippen LogP contribution in [0.4, 0.5) is 11.5 Å². The summed E-state index contributed by atoms with van der Waals surface area (Å²) < 4.78 is 5.42. The van der Waals surface area contributed by atoms with E-state index in [2.05, 4.69) is 37.3 Å². The van der Waals surface area contributed by atoms with Crippen LogP contribution in [-0.2, 0) is 19.6 Å². The Bertz CT molecular complexity index is 1120. The zero-order chi connectivity index (χ0) is 18.2. The van der Waals surface area contributed by atoms with Crippen LogP contribution in [0.2, 0.25) is 0 Å². The summed E-state index contributed by atoms with van der Waals surface area (Å²) in [6.45, 7) is 4.46. The Morgan fingerprint density at radius 1 is 1.11 bits per heavy atom. The number of benzene rings is 1. The molecule has 0 bridgehead atoms. The number of furan rings is 1. The zero-order valence-electron chi connectivity index (χ0n) is 15.0. The van der Waals surface area contributed by atoms with Crippen molar-refractivity contribution in [3.8, 4) is 0 Å².